The van der Waals surface area contributed by atoms with E-state index < -0.39 is 5.91 Å². The van der Waals surface area contributed by atoms with Gasteiger partial charge in [0.2, 0.25) is 5.95 Å². The molecule has 15 heavy (non-hydrogen) atoms. The van der Waals surface area contributed by atoms with Crippen molar-refractivity contribution in [3.05, 3.63) is 18.0 Å². The van der Waals surface area contributed by atoms with E-state index in [2.05, 4.69) is 16.0 Å². The number of amides is 1. The van der Waals surface area contributed by atoms with Crippen LogP contribution in [0, 0.1) is 6.07 Å². The number of carbonyl (C=O) groups is 1. The lowest BCUT2D eigenvalue weighted by Crippen LogP contribution is -2.25. The number of nitrogens with two attached hydrogens (primary N) is 1. The van der Waals surface area contributed by atoms with Crippen LogP contribution in [0.25, 0.3) is 0 Å². The molecule has 3 N–H and O–H groups in total. The highest BCUT2D eigenvalue weighted by atomic mass is 16.3. The molecule has 2 heterocycles. The molecule has 6 nitrogen and oxygen atoms in total. The minimum atomic E-state index is -0.626. The molecule has 1 radical (unpaired) electrons. The van der Waals surface area contributed by atoms with Gasteiger partial charge in [-0.15, -0.1) is 0 Å². The molecule has 1 aromatic heterocycles. The first-order valence-corrected chi connectivity index (χ1v) is 4.64. The molecule has 1 aromatic rings. The number of primary amides is 1. The Hall–Kier alpha value is -1.69. The second-order valence-corrected chi connectivity index (χ2v) is 3.42. The monoisotopic (exact) mass is 207 g/mol. The van der Waals surface area contributed by atoms with E-state index in [1.165, 1.54) is 6.20 Å². The molecule has 0 saturated carbocycles. The molecule has 79 valence electrons. The zero-order valence-corrected chi connectivity index (χ0v) is 8.05. The second-order valence-electron chi connectivity index (χ2n) is 3.42. The van der Waals surface area contributed by atoms with Crippen molar-refractivity contribution in [1.82, 2.24) is 9.97 Å². The van der Waals surface area contributed by atoms with Crippen molar-refractivity contribution in [2.24, 2.45) is 5.73 Å². The Morgan fingerprint density at radius 2 is 2.53 bits per heavy atom. The van der Waals surface area contributed by atoms with Gasteiger partial charge >= 0.3 is 0 Å². The SMILES string of the molecule is NC(=O)c1[c]cnc(N2CC[C@H](O)C2)n1. The highest BCUT2D eigenvalue weighted by Crippen LogP contribution is 2.15. The fraction of sp³-hybridized carbons (Fsp3) is 0.444. The van der Waals surface area contributed by atoms with Crippen LogP contribution < -0.4 is 10.6 Å². The molecule has 0 bridgehead atoms. The van der Waals surface area contributed by atoms with Gasteiger partial charge < -0.3 is 15.7 Å². The number of aromatic nitrogens is 2. The van der Waals surface area contributed by atoms with Gasteiger partial charge in [0.1, 0.15) is 5.69 Å². The summed E-state index contributed by atoms with van der Waals surface area (Å²) >= 11 is 0. The molecular formula is C9H11N4O2. The largest absolute Gasteiger partial charge is 0.391 e. The van der Waals surface area contributed by atoms with Gasteiger partial charge in [-0.3, -0.25) is 4.79 Å². The van der Waals surface area contributed by atoms with Crippen LogP contribution in [0.15, 0.2) is 6.20 Å². The molecule has 2 rings (SSSR count). The van der Waals surface area contributed by atoms with Crippen LogP contribution in [0.3, 0.4) is 0 Å². The Balaban J connectivity index is 2.21. The molecule has 1 aliphatic heterocycles. The molecule has 0 aliphatic carbocycles. The summed E-state index contributed by atoms with van der Waals surface area (Å²) in [6.07, 6.45) is 1.70. The van der Waals surface area contributed by atoms with Gasteiger partial charge in [-0.1, -0.05) is 0 Å². The molecule has 1 amide bonds. The number of rotatable bonds is 2. The molecular weight excluding hydrogens is 196 g/mol. The van der Waals surface area contributed by atoms with Crippen molar-refractivity contribution in [3.63, 3.8) is 0 Å². The summed E-state index contributed by atoms with van der Waals surface area (Å²) in [7, 11) is 0. The Bertz CT molecular complexity index is 382. The van der Waals surface area contributed by atoms with Crippen molar-refractivity contribution < 1.29 is 9.90 Å². The van der Waals surface area contributed by atoms with Crippen LogP contribution in [0.4, 0.5) is 5.95 Å². The summed E-state index contributed by atoms with van der Waals surface area (Å²) in [4.78, 5) is 20.6. The Labute approximate surface area is 86.7 Å². The van der Waals surface area contributed by atoms with Crippen LogP contribution in [0.5, 0.6) is 0 Å². The summed E-state index contributed by atoms with van der Waals surface area (Å²) in [5, 5.41) is 9.34. The fourth-order valence-electron chi connectivity index (χ4n) is 1.51. The number of nitrogens with zero attached hydrogens (tertiary/aromatic N) is 3. The van der Waals surface area contributed by atoms with Gasteiger partial charge in [0, 0.05) is 25.4 Å². The molecule has 0 unspecified atom stereocenters. The first kappa shape index (κ1) is 9.85. The first-order chi connectivity index (χ1) is 7.16. The number of β-amino-alcohol motifs (C(OH)–C–C–N with tert-alkyl or cyclic N) is 1. The highest BCUT2D eigenvalue weighted by molar-refractivity contribution is 5.90. The molecule has 0 spiro atoms. The summed E-state index contributed by atoms with van der Waals surface area (Å²) in [6.45, 7) is 1.17. The number of aliphatic hydroxyl groups is 1. The second kappa shape index (κ2) is 3.82. The van der Waals surface area contributed by atoms with E-state index in [9.17, 15) is 9.90 Å². The van der Waals surface area contributed by atoms with Gasteiger partial charge in [0.15, 0.2) is 0 Å². The number of hydrogen-bond acceptors (Lipinski definition) is 5. The number of anilines is 1. The van der Waals surface area contributed by atoms with E-state index >= 15 is 0 Å². The van der Waals surface area contributed by atoms with E-state index in [1.54, 1.807) is 0 Å². The Kier molecular flexibility index (Phi) is 2.51. The van der Waals surface area contributed by atoms with Crippen LogP contribution in [0.1, 0.15) is 16.9 Å². The van der Waals surface area contributed by atoms with Crippen molar-refractivity contribution >= 4 is 11.9 Å². The number of carbonyl (C=O) groups excluding carboxylic acids is 1. The summed E-state index contributed by atoms with van der Waals surface area (Å²) in [6, 6.07) is 2.56. The minimum Gasteiger partial charge on any atom is -0.391 e. The van der Waals surface area contributed by atoms with Crippen LogP contribution in [-0.2, 0) is 0 Å². The zero-order chi connectivity index (χ0) is 10.8. The van der Waals surface area contributed by atoms with Gasteiger partial charge in [-0.25, -0.2) is 9.97 Å². The van der Waals surface area contributed by atoms with Crippen molar-refractivity contribution in [2.45, 2.75) is 12.5 Å². The molecule has 1 saturated heterocycles. The topological polar surface area (TPSA) is 92.3 Å². The predicted molar refractivity (Wildman–Crippen MR) is 52.2 cm³/mol. The van der Waals surface area contributed by atoms with Gasteiger partial charge in [0.25, 0.3) is 5.91 Å². The number of hydrogen-bond donors (Lipinski definition) is 2. The van der Waals surface area contributed by atoms with Gasteiger partial charge in [-0.2, -0.15) is 0 Å². The average Bonchev–Trinajstić information content (AvgIpc) is 2.65. The minimum absolute atomic E-state index is 0.0707. The average molecular weight is 207 g/mol. The lowest BCUT2D eigenvalue weighted by molar-refractivity contribution is 0.0995. The highest BCUT2D eigenvalue weighted by Gasteiger charge is 2.22. The summed E-state index contributed by atoms with van der Waals surface area (Å²) in [5.41, 5.74) is 5.15. The quantitative estimate of drug-likeness (QED) is 0.645. The lowest BCUT2D eigenvalue weighted by atomic mass is 10.3. The van der Waals surface area contributed by atoms with Gasteiger partial charge in [0.05, 0.1) is 6.10 Å². The number of aliphatic hydroxyl groups excluding tert-OH is 1. The van der Waals surface area contributed by atoms with E-state index in [4.69, 9.17) is 5.73 Å². The van der Waals surface area contributed by atoms with Crippen LogP contribution in [0.2, 0.25) is 0 Å². The smallest absolute Gasteiger partial charge is 0.268 e. The molecule has 1 aliphatic rings. The molecule has 0 aromatic carbocycles. The van der Waals surface area contributed by atoms with Crippen LogP contribution in [-0.4, -0.2) is 40.2 Å². The van der Waals surface area contributed by atoms with Gasteiger partial charge in [-0.05, 0) is 6.42 Å². The third kappa shape index (κ3) is 2.04. The van der Waals surface area contributed by atoms with Crippen molar-refractivity contribution in [1.29, 1.82) is 0 Å². The van der Waals surface area contributed by atoms with E-state index in [1.807, 2.05) is 4.90 Å². The standard InChI is InChI=1S/C9H11N4O2/c10-8(15)7-1-3-11-9(12-7)13-4-2-6(14)5-13/h3,6,14H,2,4-5H2,(H2,10,15)/t6-/m0/s1. The van der Waals surface area contributed by atoms with E-state index in [0.717, 1.165) is 0 Å². The fourth-order valence-corrected chi connectivity index (χ4v) is 1.51. The lowest BCUT2D eigenvalue weighted by Gasteiger charge is -2.14. The summed E-state index contributed by atoms with van der Waals surface area (Å²) in [5.74, 6) is -0.211. The maximum absolute atomic E-state index is 10.9. The maximum Gasteiger partial charge on any atom is 0.268 e. The maximum atomic E-state index is 10.9. The summed E-state index contributed by atoms with van der Waals surface area (Å²) < 4.78 is 0. The predicted octanol–water partition coefficient (Wildman–Crippen LogP) is -1.05. The van der Waals surface area contributed by atoms with E-state index in [0.29, 0.717) is 25.5 Å². The Morgan fingerprint density at radius 3 is 3.13 bits per heavy atom. The van der Waals surface area contributed by atoms with Crippen LogP contribution >= 0.6 is 0 Å². The third-order valence-electron chi connectivity index (χ3n) is 2.27. The Morgan fingerprint density at radius 1 is 1.73 bits per heavy atom. The first-order valence-electron chi connectivity index (χ1n) is 4.64. The van der Waals surface area contributed by atoms with Crippen molar-refractivity contribution in [3.8, 4) is 0 Å². The third-order valence-corrected chi connectivity index (χ3v) is 2.27. The van der Waals surface area contributed by atoms with Crippen molar-refractivity contribution in [2.75, 3.05) is 18.0 Å². The molecule has 6 heteroatoms. The molecule has 1 fully saturated rings. The molecule has 1 atom stereocenters. The van der Waals surface area contributed by atoms with E-state index in [-0.39, 0.29) is 11.8 Å². The zero-order valence-electron chi connectivity index (χ0n) is 8.05. The normalized spacial score (nSPS) is 20.6.